The Kier molecular flexibility index (Phi) is 5.03. The van der Waals surface area contributed by atoms with Crippen molar-refractivity contribution in [2.75, 3.05) is 7.11 Å². The van der Waals surface area contributed by atoms with Crippen LogP contribution in [0.25, 0.3) is 0 Å². The SMILES string of the molecule is COc1ccc(COC(=O)c2ccc(Cn3cncn3)cc2)cc1F. The Balaban J connectivity index is 1.58. The van der Waals surface area contributed by atoms with Crippen LogP contribution in [0.5, 0.6) is 5.75 Å². The topological polar surface area (TPSA) is 66.2 Å². The first-order chi connectivity index (χ1) is 12.2. The van der Waals surface area contributed by atoms with Crippen molar-refractivity contribution in [1.82, 2.24) is 14.8 Å². The molecule has 0 aliphatic carbocycles. The van der Waals surface area contributed by atoms with Crippen molar-refractivity contribution in [1.29, 1.82) is 0 Å². The second-order valence-corrected chi connectivity index (χ2v) is 5.34. The van der Waals surface area contributed by atoms with E-state index in [1.165, 1.54) is 25.6 Å². The molecule has 0 aliphatic heterocycles. The summed E-state index contributed by atoms with van der Waals surface area (Å²) in [5.41, 5.74) is 1.96. The van der Waals surface area contributed by atoms with Crippen LogP contribution in [0.1, 0.15) is 21.5 Å². The normalized spacial score (nSPS) is 10.5. The Bertz CT molecular complexity index is 849. The molecule has 0 spiro atoms. The minimum absolute atomic E-state index is 0.0134. The number of hydrogen-bond donors (Lipinski definition) is 0. The zero-order chi connectivity index (χ0) is 17.6. The van der Waals surface area contributed by atoms with Crippen LogP contribution in [0.4, 0.5) is 4.39 Å². The van der Waals surface area contributed by atoms with Gasteiger partial charge < -0.3 is 9.47 Å². The fourth-order valence-corrected chi connectivity index (χ4v) is 2.28. The van der Waals surface area contributed by atoms with Gasteiger partial charge >= 0.3 is 5.97 Å². The minimum atomic E-state index is -0.492. The van der Waals surface area contributed by atoms with E-state index in [-0.39, 0.29) is 12.4 Å². The predicted octanol–water partition coefficient (Wildman–Crippen LogP) is 2.83. The van der Waals surface area contributed by atoms with E-state index in [1.54, 1.807) is 29.2 Å². The van der Waals surface area contributed by atoms with Gasteiger partial charge in [0.15, 0.2) is 11.6 Å². The molecule has 3 aromatic rings. The van der Waals surface area contributed by atoms with Crippen LogP contribution < -0.4 is 4.74 Å². The molecule has 0 radical (unpaired) electrons. The lowest BCUT2D eigenvalue weighted by Crippen LogP contribution is -2.06. The molecular weight excluding hydrogens is 325 g/mol. The van der Waals surface area contributed by atoms with E-state index < -0.39 is 11.8 Å². The standard InChI is InChI=1S/C18H16FN3O3/c1-24-17-7-4-14(8-16(17)19)10-25-18(23)15-5-2-13(3-6-15)9-22-12-20-11-21-22/h2-8,11-12H,9-10H2,1H3. The molecule has 25 heavy (non-hydrogen) atoms. The average Bonchev–Trinajstić information content (AvgIpc) is 3.13. The largest absolute Gasteiger partial charge is 0.494 e. The monoisotopic (exact) mass is 341 g/mol. The summed E-state index contributed by atoms with van der Waals surface area (Å²) in [7, 11) is 1.39. The number of carbonyl (C=O) groups excluding carboxylic acids is 1. The van der Waals surface area contributed by atoms with Gasteiger partial charge in [-0.05, 0) is 35.4 Å². The number of rotatable bonds is 6. The van der Waals surface area contributed by atoms with Crippen molar-refractivity contribution in [3.8, 4) is 5.75 Å². The Labute approximate surface area is 143 Å². The van der Waals surface area contributed by atoms with E-state index in [0.717, 1.165) is 5.56 Å². The van der Waals surface area contributed by atoms with Gasteiger partial charge in [0.05, 0.1) is 19.2 Å². The van der Waals surface area contributed by atoms with E-state index in [0.29, 0.717) is 17.7 Å². The summed E-state index contributed by atoms with van der Waals surface area (Å²) in [4.78, 5) is 16.0. The summed E-state index contributed by atoms with van der Waals surface area (Å²) >= 11 is 0. The molecule has 7 heteroatoms. The maximum Gasteiger partial charge on any atom is 0.338 e. The number of benzene rings is 2. The number of methoxy groups -OCH3 is 1. The molecule has 1 aromatic heterocycles. The number of aromatic nitrogens is 3. The number of halogens is 1. The van der Waals surface area contributed by atoms with Crippen molar-refractivity contribution in [3.05, 3.63) is 77.6 Å². The highest BCUT2D eigenvalue weighted by atomic mass is 19.1. The van der Waals surface area contributed by atoms with Crippen molar-refractivity contribution in [2.24, 2.45) is 0 Å². The van der Waals surface area contributed by atoms with Gasteiger partial charge in [-0.25, -0.2) is 18.9 Å². The van der Waals surface area contributed by atoms with Gasteiger partial charge in [0, 0.05) is 0 Å². The Morgan fingerprint density at radius 1 is 1.16 bits per heavy atom. The molecule has 6 nitrogen and oxygen atoms in total. The van der Waals surface area contributed by atoms with Crippen LogP contribution in [0.15, 0.2) is 55.1 Å². The Hall–Kier alpha value is -3.22. The summed E-state index contributed by atoms with van der Waals surface area (Å²) in [6.45, 7) is 0.556. The van der Waals surface area contributed by atoms with Crippen LogP contribution >= 0.6 is 0 Å². The average molecular weight is 341 g/mol. The van der Waals surface area contributed by atoms with Gasteiger partial charge in [0.2, 0.25) is 0 Å². The van der Waals surface area contributed by atoms with E-state index in [1.807, 2.05) is 12.1 Å². The van der Waals surface area contributed by atoms with Crippen molar-refractivity contribution >= 4 is 5.97 Å². The lowest BCUT2D eigenvalue weighted by atomic mass is 10.1. The molecule has 0 unspecified atom stereocenters. The molecule has 0 atom stereocenters. The molecule has 0 amide bonds. The third-order valence-corrected chi connectivity index (χ3v) is 3.59. The second-order valence-electron chi connectivity index (χ2n) is 5.34. The van der Waals surface area contributed by atoms with Gasteiger partial charge in [-0.1, -0.05) is 18.2 Å². The van der Waals surface area contributed by atoms with Crippen molar-refractivity contribution < 1.29 is 18.7 Å². The van der Waals surface area contributed by atoms with E-state index in [4.69, 9.17) is 9.47 Å². The Morgan fingerprint density at radius 3 is 2.56 bits per heavy atom. The first-order valence-electron chi connectivity index (χ1n) is 7.56. The second kappa shape index (κ2) is 7.57. The third-order valence-electron chi connectivity index (χ3n) is 3.59. The lowest BCUT2D eigenvalue weighted by molar-refractivity contribution is 0.0472. The number of esters is 1. The highest BCUT2D eigenvalue weighted by Gasteiger charge is 2.09. The molecule has 0 saturated heterocycles. The van der Waals surface area contributed by atoms with Gasteiger partial charge in [0.25, 0.3) is 0 Å². The quantitative estimate of drug-likeness (QED) is 0.645. The van der Waals surface area contributed by atoms with Crippen LogP contribution in [0.3, 0.4) is 0 Å². The van der Waals surface area contributed by atoms with E-state index >= 15 is 0 Å². The number of ether oxygens (including phenoxy) is 2. The summed E-state index contributed by atoms with van der Waals surface area (Å²) in [6, 6.07) is 11.4. The van der Waals surface area contributed by atoms with Crippen molar-refractivity contribution in [2.45, 2.75) is 13.2 Å². The van der Waals surface area contributed by atoms with Crippen LogP contribution in [0, 0.1) is 5.82 Å². The van der Waals surface area contributed by atoms with Crippen molar-refractivity contribution in [3.63, 3.8) is 0 Å². The number of nitrogens with zero attached hydrogens (tertiary/aromatic N) is 3. The number of carbonyl (C=O) groups is 1. The first kappa shape index (κ1) is 16.6. The van der Waals surface area contributed by atoms with Gasteiger partial charge in [-0.3, -0.25) is 0 Å². The molecule has 3 rings (SSSR count). The fraction of sp³-hybridized carbons (Fsp3) is 0.167. The third kappa shape index (κ3) is 4.20. The van der Waals surface area contributed by atoms with Crippen LogP contribution in [-0.2, 0) is 17.9 Å². The highest BCUT2D eigenvalue weighted by molar-refractivity contribution is 5.89. The zero-order valence-corrected chi connectivity index (χ0v) is 13.6. The summed E-state index contributed by atoms with van der Waals surface area (Å²) in [6.07, 6.45) is 3.09. The first-order valence-corrected chi connectivity index (χ1v) is 7.56. The Morgan fingerprint density at radius 2 is 1.92 bits per heavy atom. The molecule has 128 valence electrons. The number of hydrogen-bond acceptors (Lipinski definition) is 5. The maximum atomic E-state index is 13.6. The lowest BCUT2D eigenvalue weighted by Gasteiger charge is -2.08. The summed E-state index contributed by atoms with van der Waals surface area (Å²) < 4.78 is 25.4. The van der Waals surface area contributed by atoms with E-state index in [2.05, 4.69) is 10.1 Å². The molecular formula is C18H16FN3O3. The zero-order valence-electron chi connectivity index (χ0n) is 13.6. The smallest absolute Gasteiger partial charge is 0.338 e. The fourth-order valence-electron chi connectivity index (χ4n) is 2.28. The summed E-state index contributed by atoms with van der Waals surface area (Å²) in [5.74, 6) is -0.810. The van der Waals surface area contributed by atoms with Gasteiger partial charge in [-0.2, -0.15) is 5.10 Å². The molecule has 2 aromatic carbocycles. The van der Waals surface area contributed by atoms with Crippen LogP contribution in [0.2, 0.25) is 0 Å². The highest BCUT2D eigenvalue weighted by Crippen LogP contribution is 2.18. The van der Waals surface area contributed by atoms with E-state index in [9.17, 15) is 9.18 Å². The maximum absolute atomic E-state index is 13.6. The molecule has 0 fully saturated rings. The molecule has 0 N–H and O–H groups in total. The summed E-state index contributed by atoms with van der Waals surface area (Å²) in [5, 5.41) is 4.03. The predicted molar refractivity (Wildman–Crippen MR) is 87.6 cm³/mol. The van der Waals surface area contributed by atoms with Gasteiger partial charge in [0.1, 0.15) is 19.3 Å². The molecule has 1 heterocycles. The molecule has 0 bridgehead atoms. The minimum Gasteiger partial charge on any atom is -0.494 e. The van der Waals surface area contributed by atoms with Crippen LogP contribution in [-0.4, -0.2) is 27.8 Å². The molecule has 0 aliphatic rings. The molecule has 0 saturated carbocycles. The van der Waals surface area contributed by atoms with Gasteiger partial charge in [-0.15, -0.1) is 0 Å².